The lowest BCUT2D eigenvalue weighted by Crippen LogP contribution is -2.05. The lowest BCUT2D eigenvalue weighted by atomic mass is 10.2. The molecule has 19 heavy (non-hydrogen) atoms. The van der Waals surface area contributed by atoms with Crippen molar-refractivity contribution >= 4 is 17.4 Å². The molecule has 0 bridgehead atoms. The molecule has 0 aliphatic carbocycles. The number of nitrogen functional groups attached to an aromatic ring is 1. The van der Waals surface area contributed by atoms with Crippen LogP contribution in [0.5, 0.6) is 0 Å². The van der Waals surface area contributed by atoms with Crippen molar-refractivity contribution in [1.82, 2.24) is 4.98 Å². The summed E-state index contributed by atoms with van der Waals surface area (Å²) in [5.74, 6) is 0.637. The van der Waals surface area contributed by atoms with E-state index >= 15 is 0 Å². The van der Waals surface area contributed by atoms with Crippen LogP contribution in [0.1, 0.15) is 11.1 Å². The summed E-state index contributed by atoms with van der Waals surface area (Å²) in [5.41, 5.74) is 6.11. The van der Waals surface area contributed by atoms with Crippen LogP contribution in [0.3, 0.4) is 0 Å². The first-order valence-electron chi connectivity index (χ1n) is 5.45. The quantitative estimate of drug-likeness (QED) is 0.684. The normalized spacial score (nSPS) is 11.5. The fraction of sp³-hybridized carbons (Fsp3) is 0.154. The molecule has 0 aliphatic heterocycles. The van der Waals surface area contributed by atoms with Crippen LogP contribution in [0, 0.1) is 0 Å². The smallest absolute Gasteiger partial charge is 0.398 e. The van der Waals surface area contributed by atoms with E-state index in [0.717, 1.165) is 17.7 Å². The molecule has 0 saturated carbocycles. The summed E-state index contributed by atoms with van der Waals surface area (Å²) in [5, 5.41) is 0. The lowest BCUT2D eigenvalue weighted by Gasteiger charge is -2.10. The summed E-state index contributed by atoms with van der Waals surface area (Å²) in [6.45, 7) is 0. The molecule has 1 aromatic carbocycles. The SMILES string of the molecule is Nc1cc(C(F)(F)F)ccc1SCc1ccncc1. The third-order valence-corrected chi connectivity index (χ3v) is 3.64. The molecular weight excluding hydrogens is 273 g/mol. The average molecular weight is 284 g/mol. The van der Waals surface area contributed by atoms with E-state index in [4.69, 9.17) is 5.73 Å². The van der Waals surface area contributed by atoms with E-state index in [0.29, 0.717) is 10.6 Å². The maximum absolute atomic E-state index is 12.5. The molecule has 0 saturated heterocycles. The number of hydrogen-bond donors (Lipinski definition) is 1. The molecule has 2 nitrogen and oxygen atoms in total. The van der Waals surface area contributed by atoms with Crippen molar-refractivity contribution in [3.63, 3.8) is 0 Å². The second-order valence-corrected chi connectivity index (χ2v) is 4.91. The van der Waals surface area contributed by atoms with Crippen LogP contribution in [0.15, 0.2) is 47.6 Å². The van der Waals surface area contributed by atoms with Gasteiger partial charge >= 0.3 is 6.18 Å². The van der Waals surface area contributed by atoms with Gasteiger partial charge in [-0.3, -0.25) is 4.98 Å². The predicted molar refractivity (Wildman–Crippen MR) is 69.7 cm³/mol. The molecule has 0 aliphatic rings. The second-order valence-electron chi connectivity index (χ2n) is 3.89. The van der Waals surface area contributed by atoms with Crippen molar-refractivity contribution in [1.29, 1.82) is 0 Å². The van der Waals surface area contributed by atoms with Crippen LogP contribution in [0.4, 0.5) is 18.9 Å². The maximum atomic E-state index is 12.5. The van der Waals surface area contributed by atoms with E-state index in [1.165, 1.54) is 17.8 Å². The standard InChI is InChI=1S/C13H11F3N2S/c14-13(15,16)10-1-2-12(11(17)7-10)19-8-9-3-5-18-6-4-9/h1-7H,8,17H2. The van der Waals surface area contributed by atoms with Crippen molar-refractivity contribution in [2.75, 3.05) is 5.73 Å². The van der Waals surface area contributed by atoms with Crippen LogP contribution >= 0.6 is 11.8 Å². The second kappa shape index (κ2) is 5.52. The largest absolute Gasteiger partial charge is 0.416 e. The van der Waals surface area contributed by atoms with Gasteiger partial charge in [-0.2, -0.15) is 13.2 Å². The third kappa shape index (κ3) is 3.64. The third-order valence-electron chi connectivity index (χ3n) is 2.48. The van der Waals surface area contributed by atoms with E-state index in [1.54, 1.807) is 12.4 Å². The number of halogens is 3. The van der Waals surface area contributed by atoms with Gasteiger partial charge in [-0.25, -0.2) is 0 Å². The van der Waals surface area contributed by atoms with Crippen LogP contribution < -0.4 is 5.73 Å². The Morgan fingerprint density at radius 3 is 2.37 bits per heavy atom. The molecule has 2 rings (SSSR count). The number of benzene rings is 1. The lowest BCUT2D eigenvalue weighted by molar-refractivity contribution is -0.137. The Kier molecular flexibility index (Phi) is 3.99. The molecule has 1 heterocycles. The summed E-state index contributed by atoms with van der Waals surface area (Å²) in [4.78, 5) is 4.54. The minimum Gasteiger partial charge on any atom is -0.398 e. The molecule has 0 spiro atoms. The molecule has 2 aromatic rings. The number of alkyl halides is 3. The van der Waals surface area contributed by atoms with Gasteiger partial charge in [0.15, 0.2) is 0 Å². The number of rotatable bonds is 3. The topological polar surface area (TPSA) is 38.9 Å². The van der Waals surface area contributed by atoms with Gasteiger partial charge in [0.05, 0.1) is 5.56 Å². The molecule has 0 fully saturated rings. The van der Waals surface area contributed by atoms with Gasteiger partial charge in [0.2, 0.25) is 0 Å². The average Bonchev–Trinajstić information content (AvgIpc) is 2.37. The van der Waals surface area contributed by atoms with Gasteiger partial charge < -0.3 is 5.73 Å². The van der Waals surface area contributed by atoms with Crippen LogP contribution in [-0.2, 0) is 11.9 Å². The minimum absolute atomic E-state index is 0.147. The Hall–Kier alpha value is -1.69. The van der Waals surface area contributed by atoms with E-state index < -0.39 is 11.7 Å². The van der Waals surface area contributed by atoms with Gasteiger partial charge in [-0.15, -0.1) is 11.8 Å². The molecular formula is C13H11F3N2S. The summed E-state index contributed by atoms with van der Waals surface area (Å²) in [6.07, 6.45) is -1.01. The zero-order valence-electron chi connectivity index (χ0n) is 9.82. The van der Waals surface area contributed by atoms with Crippen LogP contribution in [0.25, 0.3) is 0 Å². The van der Waals surface area contributed by atoms with E-state index in [9.17, 15) is 13.2 Å². The van der Waals surface area contributed by atoms with Crippen molar-refractivity contribution < 1.29 is 13.2 Å². The zero-order valence-corrected chi connectivity index (χ0v) is 10.6. The molecule has 0 amide bonds. The number of thioether (sulfide) groups is 1. The van der Waals surface area contributed by atoms with Crippen molar-refractivity contribution in [2.24, 2.45) is 0 Å². The van der Waals surface area contributed by atoms with Crippen LogP contribution in [0.2, 0.25) is 0 Å². The Morgan fingerprint density at radius 2 is 1.79 bits per heavy atom. The van der Waals surface area contributed by atoms with Gasteiger partial charge in [0, 0.05) is 28.7 Å². The monoisotopic (exact) mass is 284 g/mol. The summed E-state index contributed by atoms with van der Waals surface area (Å²) < 4.78 is 37.4. The number of anilines is 1. The Labute approximate surface area is 112 Å². The number of nitrogens with zero attached hydrogens (tertiary/aromatic N) is 1. The fourth-order valence-corrected chi connectivity index (χ4v) is 2.40. The number of pyridine rings is 1. The first kappa shape index (κ1) is 13.7. The van der Waals surface area contributed by atoms with Gasteiger partial charge in [0.1, 0.15) is 0 Å². The molecule has 6 heteroatoms. The summed E-state index contributed by atoms with van der Waals surface area (Å²) in [7, 11) is 0. The van der Waals surface area contributed by atoms with Gasteiger partial charge in [-0.05, 0) is 35.9 Å². The Morgan fingerprint density at radius 1 is 1.11 bits per heavy atom. The number of hydrogen-bond acceptors (Lipinski definition) is 3. The van der Waals surface area contributed by atoms with E-state index in [2.05, 4.69) is 4.98 Å². The molecule has 0 atom stereocenters. The maximum Gasteiger partial charge on any atom is 0.416 e. The molecule has 1 aromatic heterocycles. The highest BCUT2D eigenvalue weighted by Crippen LogP contribution is 2.35. The van der Waals surface area contributed by atoms with Crippen LogP contribution in [-0.4, -0.2) is 4.98 Å². The van der Waals surface area contributed by atoms with Crippen molar-refractivity contribution in [3.05, 3.63) is 53.9 Å². The van der Waals surface area contributed by atoms with Crippen molar-refractivity contribution in [2.45, 2.75) is 16.8 Å². The summed E-state index contributed by atoms with van der Waals surface area (Å²) >= 11 is 1.40. The number of aromatic nitrogens is 1. The highest BCUT2D eigenvalue weighted by Gasteiger charge is 2.30. The number of nitrogens with two attached hydrogens (primary N) is 1. The first-order chi connectivity index (χ1) is 8.97. The fourth-order valence-electron chi connectivity index (χ4n) is 1.50. The Bertz CT molecular complexity index is 556. The molecule has 0 radical (unpaired) electrons. The van der Waals surface area contributed by atoms with Gasteiger partial charge in [-0.1, -0.05) is 0 Å². The molecule has 2 N–H and O–H groups in total. The van der Waals surface area contributed by atoms with Gasteiger partial charge in [0.25, 0.3) is 0 Å². The van der Waals surface area contributed by atoms with Crippen molar-refractivity contribution in [3.8, 4) is 0 Å². The predicted octanol–water partition coefficient (Wildman–Crippen LogP) is 3.97. The first-order valence-corrected chi connectivity index (χ1v) is 6.44. The highest BCUT2D eigenvalue weighted by molar-refractivity contribution is 7.98. The Balaban J connectivity index is 2.10. The summed E-state index contributed by atoms with van der Waals surface area (Å²) in [6, 6.07) is 7.13. The van der Waals surface area contributed by atoms with E-state index in [1.807, 2.05) is 12.1 Å². The zero-order chi connectivity index (χ0) is 13.9. The van der Waals surface area contributed by atoms with E-state index in [-0.39, 0.29) is 5.69 Å². The molecule has 100 valence electrons. The molecule has 0 unspecified atom stereocenters. The highest BCUT2D eigenvalue weighted by atomic mass is 32.2. The minimum atomic E-state index is -4.36.